The number of halogens is 2. The third kappa shape index (κ3) is 4.55. The van der Waals surface area contributed by atoms with Crippen LogP contribution in [0.3, 0.4) is 0 Å². The molecule has 0 spiro atoms. The Kier molecular flexibility index (Phi) is 6.14. The highest BCUT2D eigenvalue weighted by Gasteiger charge is 2.20. The molecule has 1 unspecified atom stereocenters. The number of carbonyl (C=O) groups excluding carboxylic acids is 1. The molecule has 1 atom stereocenters. The fraction of sp³-hybridized carbons (Fsp3) is 0.350. The number of carbonyl (C=O) groups is 1. The zero-order chi connectivity index (χ0) is 18.5. The largest absolute Gasteiger partial charge is 0.480 e. The summed E-state index contributed by atoms with van der Waals surface area (Å²) in [5.74, 6) is -0.180. The van der Waals surface area contributed by atoms with Gasteiger partial charge in [-0.3, -0.25) is 4.79 Å². The second kappa shape index (κ2) is 8.54. The highest BCUT2D eigenvalue weighted by atomic mass is 79.9. The summed E-state index contributed by atoms with van der Waals surface area (Å²) >= 11 is 3.25. The predicted molar refractivity (Wildman–Crippen MR) is 105 cm³/mol. The van der Waals surface area contributed by atoms with Crippen LogP contribution in [0.2, 0.25) is 0 Å². The summed E-state index contributed by atoms with van der Waals surface area (Å²) in [4.78, 5) is 14.9. The molecule has 0 radical (unpaired) electrons. The Balaban J connectivity index is 1.69. The van der Waals surface area contributed by atoms with Gasteiger partial charge in [-0.25, -0.2) is 4.39 Å². The summed E-state index contributed by atoms with van der Waals surface area (Å²) < 4.78 is 19.3. The number of hydrogen-bond acceptors (Lipinski definition) is 3. The minimum absolute atomic E-state index is 0.245. The smallest absolute Gasteiger partial charge is 0.265 e. The molecule has 4 nitrogen and oxygen atoms in total. The Morgan fingerprint density at radius 2 is 1.92 bits per heavy atom. The van der Waals surface area contributed by atoms with E-state index in [0.29, 0.717) is 10.2 Å². The van der Waals surface area contributed by atoms with Crippen LogP contribution in [0, 0.1) is 5.82 Å². The Morgan fingerprint density at radius 1 is 1.19 bits per heavy atom. The number of anilines is 2. The Labute approximate surface area is 161 Å². The number of piperidine rings is 1. The van der Waals surface area contributed by atoms with E-state index in [4.69, 9.17) is 4.74 Å². The third-order valence-corrected chi connectivity index (χ3v) is 5.05. The van der Waals surface area contributed by atoms with Crippen LogP contribution in [-0.2, 0) is 4.79 Å². The van der Waals surface area contributed by atoms with Crippen molar-refractivity contribution in [2.45, 2.75) is 32.3 Å². The Bertz CT molecular complexity index is 778. The van der Waals surface area contributed by atoms with Crippen LogP contribution in [0.15, 0.2) is 46.9 Å². The number of ether oxygens (including phenoxy) is 1. The van der Waals surface area contributed by atoms with Crippen molar-refractivity contribution in [3.8, 4) is 5.75 Å². The molecule has 1 N–H and O–H groups in total. The van der Waals surface area contributed by atoms with E-state index in [0.717, 1.165) is 24.5 Å². The molecule has 1 amide bonds. The van der Waals surface area contributed by atoms with Crippen LogP contribution >= 0.6 is 15.9 Å². The van der Waals surface area contributed by atoms with Gasteiger partial charge in [0.25, 0.3) is 5.91 Å². The van der Waals surface area contributed by atoms with Crippen molar-refractivity contribution in [3.05, 3.63) is 52.8 Å². The van der Waals surface area contributed by atoms with Crippen molar-refractivity contribution in [2.75, 3.05) is 23.3 Å². The first kappa shape index (κ1) is 18.7. The van der Waals surface area contributed by atoms with Crippen LogP contribution in [0.4, 0.5) is 15.8 Å². The van der Waals surface area contributed by atoms with Crippen molar-refractivity contribution in [1.82, 2.24) is 0 Å². The van der Waals surface area contributed by atoms with E-state index in [-0.39, 0.29) is 11.7 Å². The first-order valence-corrected chi connectivity index (χ1v) is 9.60. The Hall–Kier alpha value is -2.08. The maximum atomic E-state index is 13.2. The van der Waals surface area contributed by atoms with Crippen LogP contribution in [0.25, 0.3) is 0 Å². The molecule has 0 bridgehead atoms. The SMILES string of the molecule is CC(Oc1ccc(F)cc1Br)C(=O)Nc1ccccc1N1CCCCC1. The molecule has 0 aliphatic carbocycles. The number of nitrogens with one attached hydrogen (secondary N) is 1. The summed E-state index contributed by atoms with van der Waals surface area (Å²) in [5, 5.41) is 2.96. The van der Waals surface area contributed by atoms with Gasteiger partial charge in [-0.1, -0.05) is 12.1 Å². The molecule has 0 aromatic heterocycles. The van der Waals surface area contributed by atoms with E-state index < -0.39 is 6.10 Å². The zero-order valence-electron chi connectivity index (χ0n) is 14.7. The van der Waals surface area contributed by atoms with Gasteiger partial charge in [-0.05, 0) is 72.4 Å². The van der Waals surface area contributed by atoms with E-state index in [1.165, 1.54) is 37.5 Å². The lowest BCUT2D eigenvalue weighted by molar-refractivity contribution is -0.122. The van der Waals surface area contributed by atoms with Crippen LogP contribution in [-0.4, -0.2) is 25.1 Å². The van der Waals surface area contributed by atoms with E-state index in [1.54, 1.807) is 6.92 Å². The number of rotatable bonds is 5. The molecule has 2 aromatic carbocycles. The molecule has 1 fully saturated rings. The van der Waals surface area contributed by atoms with Gasteiger partial charge < -0.3 is 15.0 Å². The van der Waals surface area contributed by atoms with Crippen LogP contribution in [0.5, 0.6) is 5.75 Å². The first-order chi connectivity index (χ1) is 12.5. The topological polar surface area (TPSA) is 41.6 Å². The molecular formula is C20H22BrFN2O2. The van der Waals surface area contributed by atoms with Crippen LogP contribution in [0.1, 0.15) is 26.2 Å². The average molecular weight is 421 g/mol. The number of hydrogen-bond donors (Lipinski definition) is 1. The summed E-state index contributed by atoms with van der Waals surface area (Å²) in [6, 6.07) is 11.9. The fourth-order valence-electron chi connectivity index (χ4n) is 3.04. The molecule has 2 aromatic rings. The second-order valence-corrected chi connectivity index (χ2v) is 7.24. The molecular weight excluding hydrogens is 399 g/mol. The van der Waals surface area contributed by atoms with Gasteiger partial charge in [-0.2, -0.15) is 0 Å². The second-order valence-electron chi connectivity index (χ2n) is 6.39. The minimum atomic E-state index is -0.717. The van der Waals surface area contributed by atoms with Gasteiger partial charge >= 0.3 is 0 Å². The van der Waals surface area contributed by atoms with E-state index in [1.807, 2.05) is 24.3 Å². The lowest BCUT2D eigenvalue weighted by atomic mass is 10.1. The molecule has 26 heavy (non-hydrogen) atoms. The fourth-order valence-corrected chi connectivity index (χ4v) is 3.48. The normalized spacial score (nSPS) is 15.4. The molecule has 1 aliphatic rings. The molecule has 6 heteroatoms. The van der Waals surface area contributed by atoms with Gasteiger partial charge in [0, 0.05) is 13.1 Å². The van der Waals surface area contributed by atoms with Crippen molar-refractivity contribution < 1.29 is 13.9 Å². The molecule has 0 saturated carbocycles. The lowest BCUT2D eigenvalue weighted by Crippen LogP contribution is -2.33. The summed E-state index contributed by atoms with van der Waals surface area (Å²) in [6.45, 7) is 3.68. The minimum Gasteiger partial charge on any atom is -0.480 e. The van der Waals surface area contributed by atoms with E-state index in [2.05, 4.69) is 26.1 Å². The summed E-state index contributed by atoms with van der Waals surface area (Å²) in [5.41, 5.74) is 1.82. The van der Waals surface area contributed by atoms with Gasteiger partial charge in [0.1, 0.15) is 11.6 Å². The Morgan fingerprint density at radius 3 is 2.65 bits per heavy atom. The molecule has 138 valence electrons. The zero-order valence-corrected chi connectivity index (χ0v) is 16.3. The number of benzene rings is 2. The quantitative estimate of drug-likeness (QED) is 0.740. The highest BCUT2D eigenvalue weighted by Crippen LogP contribution is 2.29. The van der Waals surface area contributed by atoms with Gasteiger partial charge in [-0.15, -0.1) is 0 Å². The highest BCUT2D eigenvalue weighted by molar-refractivity contribution is 9.10. The van der Waals surface area contributed by atoms with Crippen molar-refractivity contribution >= 4 is 33.2 Å². The van der Waals surface area contributed by atoms with E-state index in [9.17, 15) is 9.18 Å². The van der Waals surface area contributed by atoms with Crippen molar-refractivity contribution in [1.29, 1.82) is 0 Å². The number of amides is 1. The average Bonchev–Trinajstić information content (AvgIpc) is 2.65. The first-order valence-electron chi connectivity index (χ1n) is 8.81. The van der Waals surface area contributed by atoms with Gasteiger partial charge in [0.2, 0.25) is 0 Å². The summed E-state index contributed by atoms with van der Waals surface area (Å²) in [6.07, 6.45) is 2.87. The number of nitrogens with zero attached hydrogens (tertiary/aromatic N) is 1. The van der Waals surface area contributed by atoms with Crippen LogP contribution < -0.4 is 15.0 Å². The molecule has 1 heterocycles. The van der Waals surface area contributed by atoms with E-state index >= 15 is 0 Å². The maximum Gasteiger partial charge on any atom is 0.265 e. The number of para-hydroxylation sites is 2. The molecule has 1 saturated heterocycles. The molecule has 3 rings (SSSR count). The van der Waals surface area contributed by atoms with Crippen molar-refractivity contribution in [2.24, 2.45) is 0 Å². The predicted octanol–water partition coefficient (Wildman–Crippen LogP) is 4.98. The standard InChI is InChI=1S/C20H22BrFN2O2/c1-14(26-19-10-9-15(22)13-16(19)21)20(25)23-17-7-3-4-8-18(17)24-11-5-2-6-12-24/h3-4,7-10,13-14H,2,5-6,11-12H2,1H3,(H,23,25). The van der Waals surface area contributed by atoms with Gasteiger partial charge in [0.15, 0.2) is 6.10 Å². The monoisotopic (exact) mass is 420 g/mol. The van der Waals surface area contributed by atoms with Gasteiger partial charge in [0.05, 0.1) is 15.8 Å². The lowest BCUT2D eigenvalue weighted by Gasteiger charge is -2.30. The summed E-state index contributed by atoms with van der Waals surface area (Å²) in [7, 11) is 0. The maximum absolute atomic E-state index is 13.2. The molecule has 1 aliphatic heterocycles. The van der Waals surface area contributed by atoms with Crippen molar-refractivity contribution in [3.63, 3.8) is 0 Å². The third-order valence-electron chi connectivity index (χ3n) is 4.43.